The van der Waals surface area contributed by atoms with Crippen molar-refractivity contribution in [2.24, 2.45) is 5.92 Å². The van der Waals surface area contributed by atoms with E-state index in [-0.39, 0.29) is 25.0 Å². The Kier molecular flexibility index (Phi) is 5.01. The molecule has 8 heteroatoms. The van der Waals surface area contributed by atoms with E-state index in [1.807, 2.05) is 0 Å². The second kappa shape index (κ2) is 6.60. The summed E-state index contributed by atoms with van der Waals surface area (Å²) in [7, 11) is -4.19. The number of nitrogens with zero attached hydrogens (tertiary/aromatic N) is 1. The molecule has 1 aliphatic heterocycles. The normalized spacial score (nSPS) is 22.4. The van der Waals surface area contributed by atoms with E-state index in [9.17, 15) is 19.3 Å². The van der Waals surface area contributed by atoms with Gasteiger partial charge >= 0.3 is 13.6 Å². The molecule has 7 nitrogen and oxygen atoms in total. The third kappa shape index (κ3) is 4.16. The molecule has 0 aliphatic carbocycles. The Morgan fingerprint density at radius 3 is 2.41 bits per heavy atom. The van der Waals surface area contributed by atoms with Crippen LogP contribution in [0.1, 0.15) is 23.2 Å². The van der Waals surface area contributed by atoms with Crippen molar-refractivity contribution in [2.75, 3.05) is 12.7 Å². The third-order valence-corrected chi connectivity index (χ3v) is 4.77. The molecule has 2 atom stereocenters. The zero-order chi connectivity index (χ0) is 16.3. The summed E-state index contributed by atoms with van der Waals surface area (Å²) in [5.74, 6) is -1.93. The molecule has 1 amide bonds. The minimum Gasteiger partial charge on any atom is -0.480 e. The summed E-state index contributed by atoms with van der Waals surface area (Å²) in [6, 6.07) is 7.33. The van der Waals surface area contributed by atoms with Crippen LogP contribution < -0.4 is 0 Å². The van der Waals surface area contributed by atoms with E-state index >= 15 is 0 Å². The number of hydrogen-bond donors (Lipinski definition) is 3. The number of likely N-dealkylation sites (tertiary alicyclic amines) is 1. The highest BCUT2D eigenvalue weighted by atomic mass is 31.2. The molecule has 1 aromatic rings. The van der Waals surface area contributed by atoms with Crippen molar-refractivity contribution in [3.8, 4) is 0 Å². The number of hydrogen-bond acceptors (Lipinski definition) is 3. The van der Waals surface area contributed by atoms with E-state index in [0.29, 0.717) is 12.0 Å². The first-order valence-electron chi connectivity index (χ1n) is 6.91. The molecular formula is C14H18NO6P. The fourth-order valence-corrected chi connectivity index (χ4v) is 3.77. The Balaban J connectivity index is 2.14. The molecule has 22 heavy (non-hydrogen) atoms. The van der Waals surface area contributed by atoms with Crippen LogP contribution in [0.2, 0.25) is 0 Å². The average Bonchev–Trinajstić information content (AvgIpc) is 2.45. The van der Waals surface area contributed by atoms with Crippen LogP contribution in [0.25, 0.3) is 0 Å². The van der Waals surface area contributed by atoms with Crippen LogP contribution in [0.4, 0.5) is 0 Å². The summed E-state index contributed by atoms with van der Waals surface area (Å²) >= 11 is 0. The predicted molar refractivity (Wildman–Crippen MR) is 78.5 cm³/mol. The van der Waals surface area contributed by atoms with Gasteiger partial charge < -0.3 is 19.8 Å². The lowest BCUT2D eigenvalue weighted by molar-refractivity contribution is -0.144. The first-order chi connectivity index (χ1) is 10.3. The summed E-state index contributed by atoms with van der Waals surface area (Å²) in [5.41, 5.74) is 0.405. The molecule has 0 aromatic heterocycles. The molecule has 1 aromatic carbocycles. The number of aliphatic carboxylic acids is 1. The second-order valence-electron chi connectivity index (χ2n) is 5.46. The monoisotopic (exact) mass is 327 g/mol. The highest BCUT2D eigenvalue weighted by Crippen LogP contribution is 2.40. The summed E-state index contributed by atoms with van der Waals surface area (Å²) in [4.78, 5) is 43.2. The number of carbonyl (C=O) groups is 2. The van der Waals surface area contributed by atoms with E-state index in [1.165, 1.54) is 4.90 Å². The first kappa shape index (κ1) is 16.7. The van der Waals surface area contributed by atoms with Gasteiger partial charge in [0.2, 0.25) is 0 Å². The minimum atomic E-state index is -4.19. The Morgan fingerprint density at radius 1 is 1.23 bits per heavy atom. The molecule has 1 aliphatic rings. The van der Waals surface area contributed by atoms with Crippen LogP contribution in [-0.2, 0) is 9.36 Å². The molecule has 0 radical (unpaired) electrons. The van der Waals surface area contributed by atoms with Gasteiger partial charge in [-0.1, -0.05) is 18.2 Å². The number of piperidine rings is 1. The standard InChI is InChI=1S/C14H18NO6P/c16-13(11-4-2-1-3-5-11)15-7-6-10(9-22(19,20)21)8-12(15)14(17)18/h1-5,10,12H,6-9H2,(H,17,18)(H2,19,20,21)/t10-,12+/m1/s1. The SMILES string of the molecule is O=C(O)[C@@H]1C[C@H](CP(=O)(O)O)CCN1C(=O)c1ccccc1. The number of carboxylic acid groups (broad SMARTS) is 1. The van der Waals surface area contributed by atoms with Gasteiger partial charge in [-0.15, -0.1) is 0 Å². The first-order valence-corrected chi connectivity index (χ1v) is 8.71. The Labute approximate surface area is 127 Å². The fourth-order valence-electron chi connectivity index (χ4n) is 2.76. The number of amides is 1. The minimum absolute atomic E-state index is 0.0546. The Bertz CT molecular complexity index is 599. The van der Waals surface area contributed by atoms with Crippen LogP contribution in [-0.4, -0.2) is 50.4 Å². The molecule has 0 spiro atoms. The lowest BCUT2D eigenvalue weighted by Crippen LogP contribution is -2.50. The molecule has 0 saturated carbocycles. The maximum absolute atomic E-state index is 12.4. The molecule has 2 rings (SSSR count). The van der Waals surface area contributed by atoms with E-state index in [1.54, 1.807) is 30.3 Å². The topological polar surface area (TPSA) is 115 Å². The molecule has 0 bridgehead atoms. The van der Waals surface area contributed by atoms with Crippen LogP contribution >= 0.6 is 7.60 Å². The second-order valence-corrected chi connectivity index (χ2v) is 7.15. The largest absolute Gasteiger partial charge is 0.480 e. The molecule has 0 unspecified atom stereocenters. The molecule has 120 valence electrons. The van der Waals surface area contributed by atoms with Crippen molar-refractivity contribution in [1.29, 1.82) is 0 Å². The number of benzene rings is 1. The molecule has 1 heterocycles. The lowest BCUT2D eigenvalue weighted by atomic mass is 9.91. The van der Waals surface area contributed by atoms with Gasteiger partial charge in [0.05, 0.1) is 6.16 Å². The van der Waals surface area contributed by atoms with E-state index in [4.69, 9.17) is 9.79 Å². The summed E-state index contributed by atoms with van der Waals surface area (Å²) in [5, 5.41) is 9.33. The molecule has 1 fully saturated rings. The van der Waals surface area contributed by atoms with Gasteiger partial charge in [0.1, 0.15) is 6.04 Å². The third-order valence-electron chi connectivity index (χ3n) is 3.77. The number of carboxylic acids is 1. The highest BCUT2D eigenvalue weighted by Gasteiger charge is 2.38. The van der Waals surface area contributed by atoms with Gasteiger partial charge in [0, 0.05) is 12.1 Å². The van der Waals surface area contributed by atoms with E-state index in [2.05, 4.69) is 0 Å². The maximum atomic E-state index is 12.4. The van der Waals surface area contributed by atoms with Gasteiger partial charge in [0.25, 0.3) is 5.91 Å². The zero-order valence-corrected chi connectivity index (χ0v) is 12.7. The van der Waals surface area contributed by atoms with Crippen molar-refractivity contribution >= 4 is 19.5 Å². The van der Waals surface area contributed by atoms with Crippen LogP contribution in [0.15, 0.2) is 30.3 Å². The van der Waals surface area contributed by atoms with Gasteiger partial charge in [-0.25, -0.2) is 4.79 Å². The Morgan fingerprint density at radius 2 is 1.86 bits per heavy atom. The maximum Gasteiger partial charge on any atom is 0.326 e. The zero-order valence-electron chi connectivity index (χ0n) is 11.8. The van der Waals surface area contributed by atoms with Crippen molar-refractivity contribution in [2.45, 2.75) is 18.9 Å². The van der Waals surface area contributed by atoms with Crippen molar-refractivity contribution in [3.63, 3.8) is 0 Å². The summed E-state index contributed by atoms with van der Waals surface area (Å²) in [6.07, 6.45) is 0.0939. The van der Waals surface area contributed by atoms with Crippen molar-refractivity contribution in [3.05, 3.63) is 35.9 Å². The van der Waals surface area contributed by atoms with Gasteiger partial charge in [0.15, 0.2) is 0 Å². The summed E-state index contributed by atoms with van der Waals surface area (Å²) in [6.45, 7) is 0.176. The summed E-state index contributed by atoms with van der Waals surface area (Å²) < 4.78 is 11.1. The van der Waals surface area contributed by atoms with Crippen LogP contribution in [0, 0.1) is 5.92 Å². The average molecular weight is 327 g/mol. The van der Waals surface area contributed by atoms with Crippen LogP contribution in [0.3, 0.4) is 0 Å². The molecule has 3 N–H and O–H groups in total. The molecule has 1 saturated heterocycles. The van der Waals surface area contributed by atoms with Gasteiger partial charge in [-0.2, -0.15) is 0 Å². The van der Waals surface area contributed by atoms with Crippen molar-refractivity contribution in [1.82, 2.24) is 4.90 Å². The highest BCUT2D eigenvalue weighted by molar-refractivity contribution is 7.51. The smallest absolute Gasteiger partial charge is 0.326 e. The predicted octanol–water partition coefficient (Wildman–Crippen LogP) is 1.17. The van der Waals surface area contributed by atoms with Crippen LogP contribution in [0.5, 0.6) is 0 Å². The fraction of sp³-hybridized carbons (Fsp3) is 0.429. The number of carbonyl (C=O) groups excluding carboxylic acids is 1. The van der Waals surface area contributed by atoms with Crippen molar-refractivity contribution < 1.29 is 29.0 Å². The van der Waals surface area contributed by atoms with E-state index in [0.717, 1.165) is 0 Å². The van der Waals surface area contributed by atoms with Gasteiger partial charge in [-0.3, -0.25) is 9.36 Å². The molecular weight excluding hydrogens is 309 g/mol. The number of rotatable bonds is 4. The lowest BCUT2D eigenvalue weighted by Gasteiger charge is -2.37. The van der Waals surface area contributed by atoms with Gasteiger partial charge in [-0.05, 0) is 30.9 Å². The van der Waals surface area contributed by atoms with E-state index < -0.39 is 25.5 Å². The Hall–Kier alpha value is -1.69. The quantitative estimate of drug-likeness (QED) is 0.715.